The van der Waals surface area contributed by atoms with Crippen LogP contribution in [0.2, 0.25) is 0 Å². The number of carbonyl (C=O) groups excluding carboxylic acids is 2. The third-order valence-electron chi connectivity index (χ3n) is 3.17. The van der Waals surface area contributed by atoms with E-state index in [1.54, 1.807) is 20.8 Å². The molecule has 1 aromatic rings. The Bertz CT molecular complexity index is 518. The van der Waals surface area contributed by atoms with Crippen molar-refractivity contribution in [2.24, 2.45) is 5.92 Å². The fourth-order valence-corrected chi connectivity index (χ4v) is 2.20. The molecule has 1 saturated heterocycles. The van der Waals surface area contributed by atoms with Crippen molar-refractivity contribution in [1.82, 2.24) is 0 Å². The Morgan fingerprint density at radius 1 is 1.27 bits per heavy atom. The average molecular weight is 306 g/mol. The predicted molar refractivity (Wildman–Crippen MR) is 79.9 cm³/mol. The summed E-state index contributed by atoms with van der Waals surface area (Å²) in [5.74, 6) is -1.89. The van der Waals surface area contributed by atoms with Crippen LogP contribution in [0.4, 0.5) is 0 Å². The molecule has 1 aliphatic rings. The second kappa shape index (κ2) is 6.92. The van der Waals surface area contributed by atoms with Crippen LogP contribution in [-0.2, 0) is 30.4 Å². The first kappa shape index (κ1) is 16.5. The molecule has 0 aromatic heterocycles. The van der Waals surface area contributed by atoms with Gasteiger partial charge in [0.1, 0.15) is 11.7 Å². The van der Waals surface area contributed by atoms with Crippen LogP contribution < -0.4 is 0 Å². The van der Waals surface area contributed by atoms with Gasteiger partial charge in [-0.2, -0.15) is 0 Å². The van der Waals surface area contributed by atoms with Gasteiger partial charge in [0.25, 0.3) is 0 Å². The van der Waals surface area contributed by atoms with Crippen LogP contribution in [0.15, 0.2) is 30.3 Å². The van der Waals surface area contributed by atoms with Crippen molar-refractivity contribution in [3.63, 3.8) is 0 Å². The summed E-state index contributed by atoms with van der Waals surface area (Å²) in [6, 6.07) is 9.74. The molecule has 2 rings (SSSR count). The average Bonchev–Trinajstić information content (AvgIpc) is 2.79. The number of benzene rings is 1. The Morgan fingerprint density at radius 2 is 1.95 bits per heavy atom. The van der Waals surface area contributed by atoms with Crippen molar-refractivity contribution in [2.75, 3.05) is 6.61 Å². The minimum absolute atomic E-state index is 0.278. The summed E-state index contributed by atoms with van der Waals surface area (Å²) in [6.07, 6.45) is -0.0866. The number of cyclic esters (lactones) is 1. The highest BCUT2D eigenvalue weighted by Gasteiger charge is 2.41. The van der Waals surface area contributed by atoms with Gasteiger partial charge in [-0.1, -0.05) is 30.3 Å². The van der Waals surface area contributed by atoms with Gasteiger partial charge in [0.05, 0.1) is 13.2 Å². The summed E-state index contributed by atoms with van der Waals surface area (Å²) < 4.78 is 16.0. The van der Waals surface area contributed by atoms with E-state index in [0.29, 0.717) is 13.0 Å². The standard InChI is InChI=1S/C17H22O5/c1-17(2,3)22-16(19)14-9-13(21-15(14)18)11-20-10-12-7-5-4-6-8-12/h4-8,13-14H,9-11H2,1-3H3/t13-,14?/m0/s1. The molecule has 0 N–H and O–H groups in total. The normalized spacial score (nSPS) is 21.5. The smallest absolute Gasteiger partial charge is 0.320 e. The molecule has 0 spiro atoms. The molecule has 2 atom stereocenters. The first-order valence-electron chi connectivity index (χ1n) is 7.40. The van der Waals surface area contributed by atoms with Gasteiger partial charge in [0.15, 0.2) is 5.92 Å². The van der Waals surface area contributed by atoms with E-state index >= 15 is 0 Å². The number of ether oxygens (including phenoxy) is 3. The molecular weight excluding hydrogens is 284 g/mol. The molecule has 0 radical (unpaired) electrons. The lowest BCUT2D eigenvalue weighted by Crippen LogP contribution is -2.30. The van der Waals surface area contributed by atoms with Crippen LogP contribution in [0.1, 0.15) is 32.8 Å². The zero-order valence-electron chi connectivity index (χ0n) is 13.2. The van der Waals surface area contributed by atoms with E-state index in [-0.39, 0.29) is 6.61 Å². The molecule has 5 heteroatoms. The minimum atomic E-state index is -0.843. The van der Waals surface area contributed by atoms with Crippen molar-refractivity contribution >= 4 is 11.9 Å². The molecule has 1 fully saturated rings. The minimum Gasteiger partial charge on any atom is -0.459 e. The molecule has 1 aromatic carbocycles. The molecule has 1 heterocycles. The highest BCUT2D eigenvalue weighted by Crippen LogP contribution is 2.25. The molecule has 1 aliphatic heterocycles. The van der Waals surface area contributed by atoms with E-state index in [9.17, 15) is 9.59 Å². The fraction of sp³-hybridized carbons (Fsp3) is 0.529. The molecule has 0 bridgehead atoms. The molecule has 0 amide bonds. The maximum atomic E-state index is 11.9. The van der Waals surface area contributed by atoms with Gasteiger partial charge in [-0.15, -0.1) is 0 Å². The van der Waals surface area contributed by atoms with Crippen molar-refractivity contribution in [3.05, 3.63) is 35.9 Å². The number of esters is 2. The van der Waals surface area contributed by atoms with Crippen LogP contribution in [0.3, 0.4) is 0 Å². The topological polar surface area (TPSA) is 61.8 Å². The summed E-state index contributed by atoms with van der Waals surface area (Å²) in [6.45, 7) is 6.04. The molecule has 120 valence electrons. The van der Waals surface area contributed by atoms with E-state index in [1.807, 2.05) is 30.3 Å². The van der Waals surface area contributed by atoms with Crippen molar-refractivity contribution in [1.29, 1.82) is 0 Å². The predicted octanol–water partition coefficient (Wildman–Crippen LogP) is 2.48. The summed E-state index contributed by atoms with van der Waals surface area (Å²) >= 11 is 0. The maximum absolute atomic E-state index is 11.9. The van der Waals surface area contributed by atoms with Crippen LogP contribution >= 0.6 is 0 Å². The first-order valence-corrected chi connectivity index (χ1v) is 7.40. The number of hydrogen-bond donors (Lipinski definition) is 0. The Balaban J connectivity index is 1.78. The molecule has 0 saturated carbocycles. The number of carbonyl (C=O) groups is 2. The van der Waals surface area contributed by atoms with Gasteiger partial charge in [-0.3, -0.25) is 9.59 Å². The van der Waals surface area contributed by atoms with E-state index < -0.39 is 29.6 Å². The van der Waals surface area contributed by atoms with Gasteiger partial charge < -0.3 is 14.2 Å². The Kier molecular flexibility index (Phi) is 5.19. The van der Waals surface area contributed by atoms with Crippen LogP contribution in [0.25, 0.3) is 0 Å². The lowest BCUT2D eigenvalue weighted by molar-refractivity contribution is -0.164. The van der Waals surface area contributed by atoms with Crippen LogP contribution in [-0.4, -0.2) is 30.3 Å². The number of hydrogen-bond acceptors (Lipinski definition) is 5. The third kappa shape index (κ3) is 4.84. The third-order valence-corrected chi connectivity index (χ3v) is 3.17. The van der Waals surface area contributed by atoms with Gasteiger partial charge in [-0.25, -0.2) is 0 Å². The van der Waals surface area contributed by atoms with E-state index in [0.717, 1.165) is 5.56 Å². The second-order valence-electron chi connectivity index (χ2n) is 6.38. The monoisotopic (exact) mass is 306 g/mol. The van der Waals surface area contributed by atoms with Gasteiger partial charge in [0.2, 0.25) is 0 Å². The Hall–Kier alpha value is -1.88. The molecule has 0 aliphatic carbocycles. The van der Waals surface area contributed by atoms with Crippen LogP contribution in [0.5, 0.6) is 0 Å². The fourth-order valence-electron chi connectivity index (χ4n) is 2.20. The molecule has 22 heavy (non-hydrogen) atoms. The van der Waals surface area contributed by atoms with Gasteiger partial charge >= 0.3 is 11.9 Å². The zero-order chi connectivity index (χ0) is 16.2. The largest absolute Gasteiger partial charge is 0.459 e. The maximum Gasteiger partial charge on any atom is 0.320 e. The van der Waals surface area contributed by atoms with E-state index in [2.05, 4.69) is 0 Å². The molecule has 1 unspecified atom stereocenters. The van der Waals surface area contributed by atoms with Crippen LogP contribution in [0, 0.1) is 5.92 Å². The summed E-state index contributed by atoms with van der Waals surface area (Å²) in [5, 5.41) is 0. The second-order valence-corrected chi connectivity index (χ2v) is 6.38. The van der Waals surface area contributed by atoms with E-state index in [1.165, 1.54) is 0 Å². The first-order chi connectivity index (χ1) is 10.3. The van der Waals surface area contributed by atoms with Crippen molar-refractivity contribution in [2.45, 2.75) is 45.5 Å². The SMILES string of the molecule is CC(C)(C)OC(=O)C1C[C@@H](COCc2ccccc2)OC1=O. The summed E-state index contributed by atoms with van der Waals surface area (Å²) in [7, 11) is 0. The highest BCUT2D eigenvalue weighted by atomic mass is 16.6. The quantitative estimate of drug-likeness (QED) is 0.618. The Labute approximate surface area is 130 Å². The Morgan fingerprint density at radius 3 is 2.59 bits per heavy atom. The highest BCUT2D eigenvalue weighted by molar-refractivity contribution is 5.96. The molecular formula is C17H22O5. The summed E-state index contributed by atoms with van der Waals surface area (Å²) in [4.78, 5) is 23.7. The van der Waals surface area contributed by atoms with Gasteiger partial charge in [-0.05, 0) is 26.3 Å². The molecule has 5 nitrogen and oxygen atoms in total. The van der Waals surface area contributed by atoms with Crippen molar-refractivity contribution < 1.29 is 23.8 Å². The zero-order valence-corrected chi connectivity index (χ0v) is 13.2. The van der Waals surface area contributed by atoms with Crippen molar-refractivity contribution in [3.8, 4) is 0 Å². The lowest BCUT2D eigenvalue weighted by Gasteiger charge is -2.20. The lowest BCUT2D eigenvalue weighted by atomic mass is 10.1. The number of rotatable bonds is 5. The van der Waals surface area contributed by atoms with E-state index in [4.69, 9.17) is 14.2 Å². The van der Waals surface area contributed by atoms with Gasteiger partial charge in [0, 0.05) is 6.42 Å². The summed E-state index contributed by atoms with van der Waals surface area (Å²) in [5.41, 5.74) is 0.440.